The lowest BCUT2D eigenvalue weighted by Crippen LogP contribution is -2.30. The summed E-state index contributed by atoms with van der Waals surface area (Å²) < 4.78 is 16.7. The van der Waals surface area contributed by atoms with Crippen molar-refractivity contribution in [3.63, 3.8) is 0 Å². The van der Waals surface area contributed by atoms with Crippen LogP contribution in [0.3, 0.4) is 0 Å². The van der Waals surface area contributed by atoms with Gasteiger partial charge in [0.05, 0.1) is 0 Å². The van der Waals surface area contributed by atoms with Crippen LogP contribution in [0.15, 0.2) is 134 Å². The summed E-state index contributed by atoms with van der Waals surface area (Å²) in [6.45, 7) is 6.29. The van der Waals surface area contributed by atoms with E-state index in [9.17, 15) is 14.4 Å². The molecule has 1 unspecified atom stereocenters. The molecule has 0 amide bonds. The number of carbonyl (C=O) groups excluding carboxylic acids is 3. The van der Waals surface area contributed by atoms with Gasteiger partial charge < -0.3 is 14.2 Å². The van der Waals surface area contributed by atoms with Crippen molar-refractivity contribution < 1.29 is 28.6 Å². The van der Waals surface area contributed by atoms with Crippen LogP contribution in [-0.4, -0.2) is 37.2 Å². The molecule has 0 spiro atoms. The second-order valence-corrected chi connectivity index (χ2v) is 17.4. The van der Waals surface area contributed by atoms with Gasteiger partial charge in [0, 0.05) is 19.3 Å². The molecule has 0 N–H and O–H groups in total. The number of esters is 3. The number of ether oxygens (including phenoxy) is 3. The van der Waals surface area contributed by atoms with Crippen molar-refractivity contribution in [3.05, 3.63) is 134 Å². The van der Waals surface area contributed by atoms with Gasteiger partial charge >= 0.3 is 17.9 Å². The first-order valence-electron chi connectivity index (χ1n) is 27.2. The van der Waals surface area contributed by atoms with Crippen molar-refractivity contribution in [1.29, 1.82) is 0 Å². The minimum Gasteiger partial charge on any atom is -0.462 e. The molecule has 6 nitrogen and oxygen atoms in total. The maximum Gasteiger partial charge on any atom is 0.306 e. The third kappa shape index (κ3) is 52.5. The Labute approximate surface area is 417 Å². The number of hydrogen-bond donors (Lipinski definition) is 0. The standard InChI is InChI=1S/C62H98O6/c1-4-7-10-13-16-18-20-22-24-26-27-28-29-30-31-32-33-34-35-37-38-40-42-44-46-49-52-55-61(64)67-58-59(57-66-60(63)54-51-48-15-12-9-6-3)68-62(65)56-53-50-47-45-43-41-39-36-25-23-21-19-17-14-11-8-5-2/h7-8,10-11,16-19,22-25,27-28,30-31,33-34,37-39,41,59H,4-6,9,12-15,20-21,26,29,32,35-36,40,42-58H2,1-3H3/b10-7-,11-8-,18-16-,19-17-,24-22-,25-23-,28-27-,31-30-,34-33-,38-37-,41-39-. The third-order valence-corrected chi connectivity index (χ3v) is 10.9. The molecule has 68 heavy (non-hydrogen) atoms. The van der Waals surface area contributed by atoms with Crippen LogP contribution >= 0.6 is 0 Å². The maximum absolute atomic E-state index is 12.8. The molecule has 0 saturated heterocycles. The van der Waals surface area contributed by atoms with E-state index in [1.54, 1.807) is 0 Å². The number of unbranched alkanes of at least 4 members (excludes halogenated alkanes) is 14. The van der Waals surface area contributed by atoms with Gasteiger partial charge in [-0.15, -0.1) is 0 Å². The normalized spacial score (nSPS) is 13.2. The van der Waals surface area contributed by atoms with Crippen molar-refractivity contribution in [2.75, 3.05) is 13.2 Å². The summed E-state index contributed by atoms with van der Waals surface area (Å²) in [6.07, 6.45) is 77.5. The van der Waals surface area contributed by atoms with E-state index in [1.165, 1.54) is 19.3 Å². The van der Waals surface area contributed by atoms with Crippen LogP contribution < -0.4 is 0 Å². The molecule has 0 radical (unpaired) electrons. The van der Waals surface area contributed by atoms with Crippen LogP contribution in [0.2, 0.25) is 0 Å². The van der Waals surface area contributed by atoms with Gasteiger partial charge in [0.2, 0.25) is 0 Å². The molecule has 382 valence electrons. The topological polar surface area (TPSA) is 78.9 Å². The molecule has 0 aliphatic heterocycles. The van der Waals surface area contributed by atoms with E-state index in [4.69, 9.17) is 14.2 Å². The van der Waals surface area contributed by atoms with Gasteiger partial charge in [-0.1, -0.05) is 219 Å². The molecular formula is C62H98O6. The van der Waals surface area contributed by atoms with Crippen molar-refractivity contribution in [1.82, 2.24) is 0 Å². The van der Waals surface area contributed by atoms with Crippen LogP contribution in [0, 0.1) is 0 Å². The van der Waals surface area contributed by atoms with Crippen LogP contribution in [0.1, 0.15) is 220 Å². The highest BCUT2D eigenvalue weighted by Gasteiger charge is 2.19. The molecular weight excluding hydrogens is 841 g/mol. The lowest BCUT2D eigenvalue weighted by atomic mass is 10.1. The summed E-state index contributed by atoms with van der Waals surface area (Å²) in [5, 5.41) is 0. The molecule has 0 fully saturated rings. The molecule has 1 atom stereocenters. The lowest BCUT2D eigenvalue weighted by molar-refractivity contribution is -0.167. The summed E-state index contributed by atoms with van der Waals surface area (Å²) in [7, 11) is 0. The second-order valence-electron chi connectivity index (χ2n) is 17.4. The van der Waals surface area contributed by atoms with Gasteiger partial charge in [0.1, 0.15) is 13.2 Å². The Morgan fingerprint density at radius 3 is 0.897 bits per heavy atom. The highest BCUT2D eigenvalue weighted by molar-refractivity contribution is 5.71. The Hall–Kier alpha value is -4.45. The zero-order valence-corrected chi connectivity index (χ0v) is 43.6. The van der Waals surface area contributed by atoms with E-state index in [2.05, 4.69) is 154 Å². The largest absolute Gasteiger partial charge is 0.462 e. The van der Waals surface area contributed by atoms with Crippen LogP contribution in [0.25, 0.3) is 0 Å². The van der Waals surface area contributed by atoms with Crippen molar-refractivity contribution in [2.24, 2.45) is 0 Å². The number of rotatable bonds is 47. The lowest BCUT2D eigenvalue weighted by Gasteiger charge is -2.18. The molecule has 6 heteroatoms. The molecule has 0 rings (SSSR count). The van der Waals surface area contributed by atoms with E-state index in [0.717, 1.165) is 161 Å². The molecule has 0 aromatic heterocycles. The zero-order chi connectivity index (χ0) is 49.3. The number of allylic oxidation sites excluding steroid dienone is 22. The molecule has 0 saturated carbocycles. The van der Waals surface area contributed by atoms with E-state index >= 15 is 0 Å². The average Bonchev–Trinajstić information content (AvgIpc) is 3.34. The Kier molecular flexibility index (Phi) is 51.5. The Bertz CT molecular complexity index is 1500. The van der Waals surface area contributed by atoms with Gasteiger partial charge in [-0.3, -0.25) is 14.4 Å². The quantitative estimate of drug-likeness (QED) is 0.0262. The van der Waals surface area contributed by atoms with E-state index in [0.29, 0.717) is 19.3 Å². The Balaban J connectivity index is 4.27. The number of hydrogen-bond acceptors (Lipinski definition) is 6. The monoisotopic (exact) mass is 939 g/mol. The highest BCUT2D eigenvalue weighted by Crippen LogP contribution is 2.12. The smallest absolute Gasteiger partial charge is 0.306 e. The predicted molar refractivity (Wildman–Crippen MR) is 292 cm³/mol. The summed E-state index contributed by atoms with van der Waals surface area (Å²) in [5.41, 5.74) is 0. The Morgan fingerprint density at radius 2 is 0.574 bits per heavy atom. The summed E-state index contributed by atoms with van der Waals surface area (Å²) in [4.78, 5) is 37.8. The fourth-order valence-corrected chi connectivity index (χ4v) is 6.88. The van der Waals surface area contributed by atoms with Gasteiger partial charge in [-0.2, -0.15) is 0 Å². The first kappa shape index (κ1) is 63.5. The molecule has 0 heterocycles. The van der Waals surface area contributed by atoms with Crippen LogP contribution in [0.4, 0.5) is 0 Å². The SMILES string of the molecule is CC/C=C\C/C=C\C/C=C\C/C=C\C/C=C\C/C=C\C/C=C\CCCCCCCC(=O)OCC(COC(=O)CCCCCCCC)OC(=O)CCCCCC/C=C\C/C=C\C/C=C\C/C=C\CC. The molecule has 0 aromatic rings. The van der Waals surface area contributed by atoms with E-state index in [-0.39, 0.29) is 31.1 Å². The minimum atomic E-state index is -0.800. The molecule has 0 aliphatic rings. The van der Waals surface area contributed by atoms with Gasteiger partial charge in [0.15, 0.2) is 6.10 Å². The third-order valence-electron chi connectivity index (χ3n) is 10.9. The summed E-state index contributed by atoms with van der Waals surface area (Å²) >= 11 is 0. The predicted octanol–water partition coefficient (Wildman–Crippen LogP) is 18.3. The van der Waals surface area contributed by atoms with Crippen molar-refractivity contribution in [3.8, 4) is 0 Å². The molecule has 0 bridgehead atoms. The second kappa shape index (κ2) is 55.1. The molecule has 0 aromatic carbocycles. The minimum absolute atomic E-state index is 0.0988. The zero-order valence-electron chi connectivity index (χ0n) is 43.6. The first-order chi connectivity index (χ1) is 33.5. The van der Waals surface area contributed by atoms with Crippen LogP contribution in [0.5, 0.6) is 0 Å². The van der Waals surface area contributed by atoms with Crippen LogP contribution in [-0.2, 0) is 28.6 Å². The van der Waals surface area contributed by atoms with Crippen molar-refractivity contribution >= 4 is 17.9 Å². The van der Waals surface area contributed by atoms with Crippen molar-refractivity contribution in [2.45, 2.75) is 226 Å². The number of carbonyl (C=O) groups is 3. The first-order valence-corrected chi connectivity index (χ1v) is 27.2. The summed E-state index contributed by atoms with van der Waals surface area (Å²) in [5.74, 6) is -0.961. The molecule has 0 aliphatic carbocycles. The van der Waals surface area contributed by atoms with E-state index < -0.39 is 6.10 Å². The Morgan fingerprint density at radius 1 is 0.309 bits per heavy atom. The maximum atomic E-state index is 12.8. The van der Waals surface area contributed by atoms with Gasteiger partial charge in [-0.25, -0.2) is 0 Å². The van der Waals surface area contributed by atoms with Gasteiger partial charge in [-0.05, 0) is 116 Å². The highest BCUT2D eigenvalue weighted by atomic mass is 16.6. The van der Waals surface area contributed by atoms with Gasteiger partial charge in [0.25, 0.3) is 0 Å². The summed E-state index contributed by atoms with van der Waals surface area (Å²) in [6, 6.07) is 0. The fourth-order valence-electron chi connectivity index (χ4n) is 6.88. The average molecular weight is 939 g/mol. The fraction of sp³-hybridized carbons (Fsp3) is 0.597. The van der Waals surface area contributed by atoms with E-state index in [1.807, 2.05) is 0 Å².